The molecule has 1 fully saturated rings. The second-order valence-corrected chi connectivity index (χ2v) is 6.43. The largest absolute Gasteiger partial charge is 0.335 e. The molecule has 0 aromatic carbocycles. The van der Waals surface area contributed by atoms with Gasteiger partial charge in [-0.05, 0) is 32.8 Å². The molecule has 0 spiro atoms. The van der Waals surface area contributed by atoms with Crippen LogP contribution in [0.4, 0.5) is 4.79 Å². The Bertz CT molecular complexity index is 396. The predicted molar refractivity (Wildman–Crippen MR) is 85.0 cm³/mol. The van der Waals surface area contributed by atoms with Crippen molar-refractivity contribution in [2.45, 2.75) is 52.7 Å². The third-order valence-corrected chi connectivity index (χ3v) is 4.50. The van der Waals surface area contributed by atoms with Crippen molar-refractivity contribution in [3.63, 3.8) is 0 Å². The second kappa shape index (κ2) is 6.96. The Morgan fingerprint density at radius 2 is 1.67 bits per heavy atom. The highest BCUT2D eigenvalue weighted by atomic mass is 16.2. The van der Waals surface area contributed by atoms with Gasteiger partial charge in [0.2, 0.25) is 5.91 Å². The fourth-order valence-corrected chi connectivity index (χ4v) is 2.81. The quantitative estimate of drug-likeness (QED) is 0.749. The van der Waals surface area contributed by atoms with Crippen molar-refractivity contribution < 1.29 is 9.59 Å². The Morgan fingerprint density at radius 1 is 1.19 bits per heavy atom. The monoisotopic (exact) mass is 295 g/mol. The average molecular weight is 295 g/mol. The van der Waals surface area contributed by atoms with Crippen LogP contribution < -0.4 is 0 Å². The van der Waals surface area contributed by atoms with Crippen LogP contribution in [-0.2, 0) is 4.79 Å². The molecule has 1 rings (SSSR count). The van der Waals surface area contributed by atoms with Gasteiger partial charge in [-0.3, -0.25) is 4.79 Å². The molecule has 0 aromatic heterocycles. The summed E-state index contributed by atoms with van der Waals surface area (Å²) in [6.07, 6.45) is 1.34. The molecule has 0 aliphatic carbocycles. The lowest BCUT2D eigenvalue weighted by Gasteiger charge is -2.46. The van der Waals surface area contributed by atoms with Crippen molar-refractivity contribution in [2.75, 3.05) is 20.1 Å². The maximum absolute atomic E-state index is 12.7. The van der Waals surface area contributed by atoms with Gasteiger partial charge < -0.3 is 14.7 Å². The zero-order valence-corrected chi connectivity index (χ0v) is 14.2. The highest BCUT2D eigenvalue weighted by molar-refractivity contribution is 5.87. The van der Waals surface area contributed by atoms with Crippen molar-refractivity contribution in [1.82, 2.24) is 14.7 Å². The Balaban J connectivity index is 2.82. The fourth-order valence-electron chi connectivity index (χ4n) is 2.81. The standard InChI is InChI=1S/C16H29N3O2/c1-8-15(20)18-9-12(4)19(13(5)10-18)16(21)17(7)14(6)11(2)3/h8,11-14H,1,9-10H2,2-7H3/t12-,13-,14-/m1/s1. The summed E-state index contributed by atoms with van der Waals surface area (Å²) in [7, 11) is 1.85. The normalized spacial score (nSPS) is 24.0. The van der Waals surface area contributed by atoms with E-state index in [1.807, 2.05) is 30.7 Å². The summed E-state index contributed by atoms with van der Waals surface area (Å²) in [4.78, 5) is 30.0. The summed E-state index contributed by atoms with van der Waals surface area (Å²) in [6, 6.07) is 0.241. The van der Waals surface area contributed by atoms with Crippen molar-refractivity contribution in [3.8, 4) is 0 Å². The number of piperazine rings is 1. The molecule has 0 unspecified atom stereocenters. The topological polar surface area (TPSA) is 43.9 Å². The van der Waals surface area contributed by atoms with E-state index in [4.69, 9.17) is 0 Å². The molecule has 0 aromatic rings. The van der Waals surface area contributed by atoms with Crippen LogP contribution in [0.2, 0.25) is 0 Å². The van der Waals surface area contributed by atoms with Gasteiger partial charge in [-0.15, -0.1) is 0 Å². The number of carbonyl (C=O) groups excluding carboxylic acids is 2. The Hall–Kier alpha value is -1.52. The van der Waals surface area contributed by atoms with Crippen LogP contribution in [0.15, 0.2) is 12.7 Å². The van der Waals surface area contributed by atoms with Gasteiger partial charge in [-0.1, -0.05) is 20.4 Å². The summed E-state index contributed by atoms with van der Waals surface area (Å²) in [6.45, 7) is 14.9. The van der Waals surface area contributed by atoms with Gasteiger partial charge in [0.15, 0.2) is 0 Å². The van der Waals surface area contributed by atoms with Crippen molar-refractivity contribution in [1.29, 1.82) is 0 Å². The first kappa shape index (κ1) is 17.5. The zero-order valence-electron chi connectivity index (χ0n) is 14.2. The van der Waals surface area contributed by atoms with E-state index < -0.39 is 0 Å². The van der Waals surface area contributed by atoms with E-state index in [1.165, 1.54) is 6.08 Å². The molecule has 5 nitrogen and oxygen atoms in total. The lowest BCUT2D eigenvalue weighted by molar-refractivity contribution is -0.129. The van der Waals surface area contributed by atoms with E-state index in [-0.39, 0.29) is 30.1 Å². The van der Waals surface area contributed by atoms with Crippen LogP contribution in [-0.4, -0.2) is 64.9 Å². The highest BCUT2D eigenvalue weighted by Gasteiger charge is 2.36. The minimum atomic E-state index is -0.0651. The molecule has 1 saturated heterocycles. The molecular formula is C16H29N3O2. The summed E-state index contributed by atoms with van der Waals surface area (Å²) < 4.78 is 0. The minimum absolute atomic E-state index is 0.00645. The molecule has 120 valence electrons. The minimum Gasteiger partial charge on any atom is -0.335 e. The van der Waals surface area contributed by atoms with Crippen molar-refractivity contribution >= 4 is 11.9 Å². The number of hydrogen-bond acceptors (Lipinski definition) is 2. The van der Waals surface area contributed by atoms with Gasteiger partial charge in [0.1, 0.15) is 0 Å². The summed E-state index contributed by atoms with van der Waals surface area (Å²) >= 11 is 0. The van der Waals surface area contributed by atoms with E-state index in [0.29, 0.717) is 19.0 Å². The molecule has 0 bridgehead atoms. The first-order valence-electron chi connectivity index (χ1n) is 7.67. The van der Waals surface area contributed by atoms with E-state index in [1.54, 1.807) is 4.90 Å². The number of urea groups is 1. The lowest BCUT2D eigenvalue weighted by atomic mass is 10.0. The molecule has 1 aliphatic rings. The second-order valence-electron chi connectivity index (χ2n) is 6.43. The predicted octanol–water partition coefficient (Wildman–Crippen LogP) is 2.19. The van der Waals surface area contributed by atoms with Crippen LogP contribution in [0.1, 0.15) is 34.6 Å². The Labute approximate surface area is 128 Å². The van der Waals surface area contributed by atoms with E-state index in [9.17, 15) is 9.59 Å². The molecule has 0 radical (unpaired) electrons. The third kappa shape index (κ3) is 3.77. The molecule has 1 aliphatic heterocycles. The molecule has 3 amide bonds. The zero-order chi connectivity index (χ0) is 16.3. The van der Waals surface area contributed by atoms with Gasteiger partial charge in [-0.2, -0.15) is 0 Å². The first-order valence-corrected chi connectivity index (χ1v) is 7.67. The van der Waals surface area contributed by atoms with E-state index >= 15 is 0 Å². The highest BCUT2D eigenvalue weighted by Crippen LogP contribution is 2.20. The third-order valence-electron chi connectivity index (χ3n) is 4.50. The number of carbonyl (C=O) groups is 2. The molecule has 21 heavy (non-hydrogen) atoms. The molecule has 0 saturated carbocycles. The number of hydrogen-bond donors (Lipinski definition) is 0. The smallest absolute Gasteiger partial charge is 0.320 e. The number of rotatable bonds is 3. The van der Waals surface area contributed by atoms with Crippen LogP contribution in [0.5, 0.6) is 0 Å². The SMILES string of the molecule is C=CC(=O)N1C[C@@H](C)N(C(=O)N(C)[C@H](C)C(C)C)[C@H](C)C1. The van der Waals surface area contributed by atoms with Gasteiger partial charge in [0, 0.05) is 38.3 Å². The number of amides is 3. The molecule has 1 heterocycles. The van der Waals surface area contributed by atoms with Gasteiger partial charge in [0.25, 0.3) is 0 Å². The lowest BCUT2D eigenvalue weighted by Crippen LogP contribution is -2.62. The Kier molecular flexibility index (Phi) is 5.81. The summed E-state index contributed by atoms with van der Waals surface area (Å²) in [5, 5.41) is 0. The van der Waals surface area contributed by atoms with E-state index in [0.717, 1.165) is 0 Å². The van der Waals surface area contributed by atoms with Gasteiger partial charge in [0.05, 0.1) is 0 Å². The van der Waals surface area contributed by atoms with Crippen LogP contribution in [0.25, 0.3) is 0 Å². The fraction of sp³-hybridized carbons (Fsp3) is 0.750. The van der Waals surface area contributed by atoms with Crippen molar-refractivity contribution in [3.05, 3.63) is 12.7 Å². The molecule has 0 N–H and O–H groups in total. The summed E-state index contributed by atoms with van der Waals surface area (Å²) in [5.74, 6) is 0.345. The Morgan fingerprint density at radius 3 is 2.05 bits per heavy atom. The maximum atomic E-state index is 12.7. The summed E-state index contributed by atoms with van der Waals surface area (Å²) in [5.41, 5.74) is 0. The first-order chi connectivity index (χ1) is 9.70. The van der Waals surface area contributed by atoms with Gasteiger partial charge in [-0.25, -0.2) is 4.79 Å². The van der Waals surface area contributed by atoms with Crippen molar-refractivity contribution in [2.24, 2.45) is 5.92 Å². The van der Waals surface area contributed by atoms with E-state index in [2.05, 4.69) is 27.4 Å². The maximum Gasteiger partial charge on any atom is 0.320 e. The van der Waals surface area contributed by atoms with Crippen LogP contribution in [0, 0.1) is 5.92 Å². The number of nitrogens with zero attached hydrogens (tertiary/aromatic N) is 3. The average Bonchev–Trinajstić information content (AvgIpc) is 2.43. The van der Waals surface area contributed by atoms with Crippen LogP contribution in [0.3, 0.4) is 0 Å². The van der Waals surface area contributed by atoms with Gasteiger partial charge >= 0.3 is 6.03 Å². The molecule has 5 heteroatoms. The van der Waals surface area contributed by atoms with Crippen LogP contribution >= 0.6 is 0 Å². The molecular weight excluding hydrogens is 266 g/mol. The molecule has 3 atom stereocenters.